The Morgan fingerprint density at radius 1 is 1.40 bits per heavy atom. The third-order valence-electron chi connectivity index (χ3n) is 1.82. The molecular weight excluding hydrogens is 226 g/mol. The average molecular weight is 235 g/mol. The lowest BCUT2D eigenvalue weighted by molar-refractivity contribution is 0.115. The molecule has 0 aliphatic carbocycles. The van der Waals surface area contributed by atoms with E-state index in [4.69, 9.17) is 11.0 Å². The number of hydrogen-bond donors (Lipinski definition) is 2. The number of halogens is 3. The van der Waals surface area contributed by atoms with Crippen molar-refractivity contribution in [2.24, 2.45) is 5.73 Å². The van der Waals surface area contributed by atoms with E-state index < -0.39 is 18.2 Å². The second-order valence-electron chi connectivity index (χ2n) is 2.72. The largest absolute Gasteiger partial charge is 0.506 e. The number of phenols is 1. The van der Waals surface area contributed by atoms with Crippen LogP contribution in [0.25, 0.3) is 0 Å². The summed E-state index contributed by atoms with van der Waals surface area (Å²) in [6, 6.07) is 4.11. The third kappa shape index (κ3) is 2.78. The number of aromatic hydroxyl groups is 1. The maximum Gasteiger partial charge on any atom is 0.257 e. The van der Waals surface area contributed by atoms with E-state index >= 15 is 0 Å². The minimum atomic E-state index is -2.77. The van der Waals surface area contributed by atoms with Crippen LogP contribution in [0.2, 0.25) is 0 Å². The van der Waals surface area contributed by atoms with Gasteiger partial charge in [-0.15, -0.1) is 12.4 Å². The number of nitrogens with two attached hydrogens (primary N) is 1. The summed E-state index contributed by atoms with van der Waals surface area (Å²) >= 11 is 0. The number of rotatable bonds is 2. The first-order valence-electron chi connectivity index (χ1n) is 3.83. The van der Waals surface area contributed by atoms with Crippen LogP contribution in [0.3, 0.4) is 0 Å². The second-order valence-corrected chi connectivity index (χ2v) is 2.72. The van der Waals surface area contributed by atoms with Gasteiger partial charge in [0.05, 0.1) is 11.6 Å². The molecule has 0 aromatic heterocycles. The predicted octanol–water partition coefficient (Wildman–Crippen LogP) is 1.95. The molecule has 0 bridgehead atoms. The van der Waals surface area contributed by atoms with Crippen molar-refractivity contribution in [1.82, 2.24) is 0 Å². The van der Waals surface area contributed by atoms with Gasteiger partial charge in [-0.2, -0.15) is 5.26 Å². The van der Waals surface area contributed by atoms with Gasteiger partial charge in [0, 0.05) is 5.56 Å². The minimum absolute atomic E-state index is 0. The van der Waals surface area contributed by atoms with Gasteiger partial charge in [0.2, 0.25) is 0 Å². The summed E-state index contributed by atoms with van der Waals surface area (Å²) in [4.78, 5) is 0. The summed E-state index contributed by atoms with van der Waals surface area (Å²) in [6.45, 7) is 0. The summed E-state index contributed by atoms with van der Waals surface area (Å²) in [6.07, 6.45) is -2.77. The first kappa shape index (κ1) is 13.6. The molecule has 15 heavy (non-hydrogen) atoms. The zero-order valence-electron chi connectivity index (χ0n) is 7.52. The Morgan fingerprint density at radius 2 is 2.00 bits per heavy atom. The SMILES string of the molecule is Cl.N#Cc1cccc([C@@H](N)C(F)F)c1O. The molecule has 0 fully saturated rings. The van der Waals surface area contributed by atoms with Crippen LogP contribution in [0, 0.1) is 11.3 Å². The normalized spacial score (nSPS) is 11.7. The highest BCUT2D eigenvalue weighted by Gasteiger charge is 2.21. The maximum absolute atomic E-state index is 12.2. The summed E-state index contributed by atoms with van der Waals surface area (Å²) in [7, 11) is 0. The number of nitriles is 1. The lowest BCUT2D eigenvalue weighted by atomic mass is 10.0. The lowest BCUT2D eigenvalue weighted by Gasteiger charge is -2.12. The van der Waals surface area contributed by atoms with Gasteiger partial charge in [-0.25, -0.2) is 8.78 Å². The monoisotopic (exact) mass is 234 g/mol. The fourth-order valence-electron chi connectivity index (χ4n) is 1.06. The van der Waals surface area contributed by atoms with Gasteiger partial charge >= 0.3 is 0 Å². The van der Waals surface area contributed by atoms with Gasteiger partial charge in [0.25, 0.3) is 6.43 Å². The molecule has 0 aliphatic heterocycles. The second kappa shape index (κ2) is 5.49. The van der Waals surface area contributed by atoms with E-state index in [-0.39, 0.29) is 23.5 Å². The highest BCUT2D eigenvalue weighted by molar-refractivity contribution is 5.85. The Hall–Kier alpha value is -1.38. The van der Waals surface area contributed by atoms with Crippen molar-refractivity contribution < 1.29 is 13.9 Å². The van der Waals surface area contributed by atoms with Gasteiger partial charge in [-0.05, 0) is 6.07 Å². The molecule has 1 rings (SSSR count). The number of para-hydroxylation sites is 1. The van der Waals surface area contributed by atoms with E-state index in [1.807, 2.05) is 0 Å². The highest BCUT2D eigenvalue weighted by atomic mass is 35.5. The summed E-state index contributed by atoms with van der Waals surface area (Å²) in [5.74, 6) is -0.470. The number of benzene rings is 1. The van der Waals surface area contributed by atoms with E-state index in [1.165, 1.54) is 18.2 Å². The summed E-state index contributed by atoms with van der Waals surface area (Å²) in [5.41, 5.74) is 4.97. The number of hydrogen-bond acceptors (Lipinski definition) is 3. The molecule has 82 valence electrons. The van der Waals surface area contributed by atoms with Crippen LogP contribution in [0.5, 0.6) is 5.75 Å². The standard InChI is InChI=1S/C9H8F2N2O.ClH/c10-9(11)7(13)6-3-1-2-5(4-12)8(6)14;/h1-3,7,9,14H,13H2;1H/t7-;/m1./s1. The Labute approximate surface area is 91.5 Å². The first-order valence-corrected chi connectivity index (χ1v) is 3.83. The molecule has 0 amide bonds. The average Bonchev–Trinajstić information content (AvgIpc) is 2.17. The third-order valence-corrected chi connectivity index (χ3v) is 1.82. The Kier molecular flexibility index (Phi) is 4.98. The number of nitrogens with zero attached hydrogens (tertiary/aromatic N) is 1. The minimum Gasteiger partial charge on any atom is -0.506 e. The van der Waals surface area contributed by atoms with Crippen LogP contribution in [-0.4, -0.2) is 11.5 Å². The van der Waals surface area contributed by atoms with Crippen molar-refractivity contribution in [2.75, 3.05) is 0 Å². The Balaban J connectivity index is 0.00000196. The molecule has 3 nitrogen and oxygen atoms in total. The zero-order valence-corrected chi connectivity index (χ0v) is 8.34. The molecule has 0 heterocycles. The highest BCUT2D eigenvalue weighted by Crippen LogP contribution is 2.29. The van der Waals surface area contributed by atoms with Gasteiger partial charge in [0.1, 0.15) is 11.8 Å². The van der Waals surface area contributed by atoms with Crippen LogP contribution in [-0.2, 0) is 0 Å². The van der Waals surface area contributed by atoms with Crippen molar-refractivity contribution in [3.8, 4) is 11.8 Å². The molecular formula is C9H9ClF2N2O. The molecule has 0 saturated heterocycles. The Bertz CT molecular complexity index is 379. The number of alkyl halides is 2. The van der Waals surface area contributed by atoms with E-state index in [2.05, 4.69) is 0 Å². The van der Waals surface area contributed by atoms with Gasteiger partial charge in [0.15, 0.2) is 0 Å². The van der Waals surface area contributed by atoms with E-state index in [0.717, 1.165) is 0 Å². The molecule has 0 radical (unpaired) electrons. The molecule has 1 aromatic rings. The smallest absolute Gasteiger partial charge is 0.257 e. The zero-order chi connectivity index (χ0) is 10.7. The van der Waals surface area contributed by atoms with E-state index in [0.29, 0.717) is 0 Å². The van der Waals surface area contributed by atoms with Crippen LogP contribution >= 0.6 is 12.4 Å². The maximum atomic E-state index is 12.2. The molecule has 0 saturated carbocycles. The Morgan fingerprint density at radius 3 is 2.47 bits per heavy atom. The van der Waals surface area contributed by atoms with Gasteiger partial charge in [-0.1, -0.05) is 12.1 Å². The van der Waals surface area contributed by atoms with Crippen molar-refractivity contribution in [3.05, 3.63) is 29.3 Å². The van der Waals surface area contributed by atoms with Gasteiger partial charge < -0.3 is 10.8 Å². The lowest BCUT2D eigenvalue weighted by Crippen LogP contribution is -2.19. The van der Waals surface area contributed by atoms with Crippen molar-refractivity contribution >= 4 is 12.4 Å². The van der Waals surface area contributed by atoms with Crippen LogP contribution in [0.4, 0.5) is 8.78 Å². The van der Waals surface area contributed by atoms with Crippen LogP contribution in [0.15, 0.2) is 18.2 Å². The molecule has 1 atom stereocenters. The predicted molar refractivity (Wildman–Crippen MR) is 53.0 cm³/mol. The van der Waals surface area contributed by atoms with Crippen LogP contribution in [0.1, 0.15) is 17.2 Å². The molecule has 0 aliphatic rings. The van der Waals surface area contributed by atoms with E-state index in [1.54, 1.807) is 6.07 Å². The fourth-order valence-corrected chi connectivity index (χ4v) is 1.06. The number of phenolic OH excluding ortho intramolecular Hbond substituents is 1. The quantitative estimate of drug-likeness (QED) is 0.822. The van der Waals surface area contributed by atoms with Crippen molar-refractivity contribution in [2.45, 2.75) is 12.5 Å². The van der Waals surface area contributed by atoms with E-state index in [9.17, 15) is 13.9 Å². The van der Waals surface area contributed by atoms with Crippen molar-refractivity contribution in [1.29, 1.82) is 5.26 Å². The molecule has 3 N–H and O–H groups in total. The molecule has 6 heteroatoms. The molecule has 1 aromatic carbocycles. The molecule has 0 spiro atoms. The summed E-state index contributed by atoms with van der Waals surface area (Å²) < 4.78 is 24.4. The first-order chi connectivity index (χ1) is 6.57. The van der Waals surface area contributed by atoms with Crippen molar-refractivity contribution in [3.63, 3.8) is 0 Å². The van der Waals surface area contributed by atoms with Crippen LogP contribution < -0.4 is 5.73 Å². The summed E-state index contributed by atoms with van der Waals surface area (Å²) in [5, 5.41) is 17.9. The topological polar surface area (TPSA) is 70.0 Å². The fraction of sp³-hybridized carbons (Fsp3) is 0.222. The molecule has 0 unspecified atom stereocenters. The van der Waals surface area contributed by atoms with Gasteiger partial charge in [-0.3, -0.25) is 0 Å².